The van der Waals surface area contributed by atoms with Gasteiger partial charge in [0.2, 0.25) is 5.91 Å². The van der Waals surface area contributed by atoms with Crippen molar-refractivity contribution in [2.45, 2.75) is 87.2 Å². The van der Waals surface area contributed by atoms with Crippen LogP contribution in [0.4, 0.5) is 0 Å². The molecule has 0 atom stereocenters. The second-order valence-corrected chi connectivity index (χ2v) is 7.86. The summed E-state index contributed by atoms with van der Waals surface area (Å²) in [6.07, 6.45) is 6.08. The fraction of sp³-hybridized carbons (Fsp3) is 0.500. The van der Waals surface area contributed by atoms with E-state index in [0.29, 0.717) is 11.8 Å². The first kappa shape index (κ1) is 31.2. The smallest absolute Gasteiger partial charge is 0.225 e. The summed E-state index contributed by atoms with van der Waals surface area (Å²) in [5.74, 6) is 1.55. The van der Waals surface area contributed by atoms with E-state index in [4.69, 9.17) is 4.74 Å². The van der Waals surface area contributed by atoms with Crippen molar-refractivity contribution in [3.05, 3.63) is 60.8 Å². The van der Waals surface area contributed by atoms with Gasteiger partial charge in [0.25, 0.3) is 0 Å². The van der Waals surface area contributed by atoms with Gasteiger partial charge in [-0.05, 0) is 48.6 Å². The number of amides is 1. The minimum atomic E-state index is 0.188. The van der Waals surface area contributed by atoms with Crippen molar-refractivity contribution in [1.29, 1.82) is 0 Å². The molecule has 0 bridgehead atoms. The molecule has 2 heterocycles. The molecule has 198 valence electrons. The van der Waals surface area contributed by atoms with E-state index in [1.54, 1.807) is 0 Å². The summed E-state index contributed by atoms with van der Waals surface area (Å²) in [7, 11) is 0. The standard InChI is InChI=1S/C24H24N2O2.4C2H6/c27-24(18-5-6-18)26-13-11-22(12-14-26)28-21-9-7-17(8-10-21)23-15-19-3-1-2-4-20(19)16-25-23;4*1-2/h1-4,7-10,15-16,18,22H,5-6,11-14H2;4*1-2H3. The van der Waals surface area contributed by atoms with Crippen molar-refractivity contribution in [2.24, 2.45) is 5.92 Å². The van der Waals surface area contributed by atoms with E-state index in [2.05, 4.69) is 35.3 Å². The van der Waals surface area contributed by atoms with Crippen molar-refractivity contribution < 1.29 is 9.53 Å². The number of benzene rings is 2. The number of pyridine rings is 1. The predicted molar refractivity (Wildman–Crippen MR) is 156 cm³/mol. The van der Waals surface area contributed by atoms with Crippen molar-refractivity contribution in [3.8, 4) is 17.0 Å². The maximum atomic E-state index is 12.2. The van der Waals surface area contributed by atoms with Crippen molar-refractivity contribution in [2.75, 3.05) is 13.1 Å². The minimum absolute atomic E-state index is 0.188. The van der Waals surface area contributed by atoms with E-state index in [1.165, 1.54) is 5.39 Å². The van der Waals surface area contributed by atoms with Gasteiger partial charge in [-0.25, -0.2) is 0 Å². The highest BCUT2D eigenvalue weighted by Gasteiger charge is 2.35. The third-order valence-electron chi connectivity index (χ3n) is 5.76. The first-order valence-corrected chi connectivity index (χ1v) is 14.2. The van der Waals surface area contributed by atoms with Gasteiger partial charge >= 0.3 is 0 Å². The highest BCUT2D eigenvalue weighted by atomic mass is 16.5. The molecular weight excluding hydrogens is 444 g/mol. The van der Waals surface area contributed by atoms with Crippen LogP contribution in [0.5, 0.6) is 5.75 Å². The number of carbonyl (C=O) groups is 1. The van der Waals surface area contributed by atoms with Gasteiger partial charge in [-0.2, -0.15) is 0 Å². The Morgan fingerprint density at radius 1 is 0.778 bits per heavy atom. The fourth-order valence-electron chi connectivity index (χ4n) is 3.92. The van der Waals surface area contributed by atoms with Crippen molar-refractivity contribution in [3.63, 3.8) is 0 Å². The summed E-state index contributed by atoms with van der Waals surface area (Å²) in [4.78, 5) is 18.8. The molecule has 1 amide bonds. The molecule has 2 fully saturated rings. The van der Waals surface area contributed by atoms with Crippen LogP contribution in [-0.2, 0) is 4.79 Å². The summed E-state index contributed by atoms with van der Waals surface area (Å²) < 4.78 is 6.16. The number of carbonyl (C=O) groups excluding carboxylic acids is 1. The molecule has 1 aromatic heterocycles. The first-order valence-electron chi connectivity index (χ1n) is 14.2. The van der Waals surface area contributed by atoms with Crippen LogP contribution in [0.1, 0.15) is 81.1 Å². The maximum absolute atomic E-state index is 12.2. The largest absolute Gasteiger partial charge is 0.490 e. The van der Waals surface area contributed by atoms with Gasteiger partial charge in [-0.1, -0.05) is 79.7 Å². The Morgan fingerprint density at radius 2 is 1.33 bits per heavy atom. The predicted octanol–water partition coefficient (Wildman–Crippen LogP) is 8.79. The van der Waals surface area contributed by atoms with Crippen LogP contribution in [0.25, 0.3) is 22.0 Å². The first-order chi connectivity index (χ1) is 17.8. The van der Waals surface area contributed by atoms with E-state index >= 15 is 0 Å². The van der Waals surface area contributed by atoms with Crippen LogP contribution < -0.4 is 4.74 Å². The molecule has 2 aromatic carbocycles. The lowest BCUT2D eigenvalue weighted by Crippen LogP contribution is -2.42. The van der Waals surface area contributed by atoms with Crippen LogP contribution in [-0.4, -0.2) is 35.0 Å². The Labute approximate surface area is 220 Å². The molecule has 1 saturated carbocycles. The van der Waals surface area contributed by atoms with Gasteiger partial charge in [0.1, 0.15) is 11.9 Å². The highest BCUT2D eigenvalue weighted by Crippen LogP contribution is 2.32. The highest BCUT2D eigenvalue weighted by molar-refractivity contribution is 5.85. The number of hydrogen-bond donors (Lipinski definition) is 0. The number of piperidine rings is 1. The lowest BCUT2D eigenvalue weighted by atomic mass is 10.1. The normalized spacial score (nSPS) is 14.4. The number of nitrogens with zero attached hydrogens (tertiary/aromatic N) is 2. The molecule has 36 heavy (non-hydrogen) atoms. The molecule has 0 N–H and O–H groups in total. The van der Waals surface area contributed by atoms with Crippen molar-refractivity contribution in [1.82, 2.24) is 9.88 Å². The molecule has 5 rings (SSSR count). The van der Waals surface area contributed by atoms with E-state index in [1.807, 2.05) is 90.8 Å². The van der Waals surface area contributed by atoms with E-state index < -0.39 is 0 Å². The topological polar surface area (TPSA) is 42.4 Å². The van der Waals surface area contributed by atoms with Crippen LogP contribution >= 0.6 is 0 Å². The molecule has 1 aliphatic carbocycles. The Hall–Kier alpha value is -2.88. The monoisotopic (exact) mass is 492 g/mol. The zero-order valence-electron chi connectivity index (χ0n) is 23.9. The van der Waals surface area contributed by atoms with Crippen LogP contribution in [0.3, 0.4) is 0 Å². The lowest BCUT2D eigenvalue weighted by molar-refractivity contribution is -0.134. The Morgan fingerprint density at radius 3 is 1.89 bits per heavy atom. The lowest BCUT2D eigenvalue weighted by Gasteiger charge is -2.32. The number of likely N-dealkylation sites (tertiary alicyclic amines) is 1. The average molecular weight is 493 g/mol. The van der Waals surface area contributed by atoms with E-state index in [-0.39, 0.29) is 6.10 Å². The third-order valence-corrected chi connectivity index (χ3v) is 5.76. The summed E-state index contributed by atoms with van der Waals surface area (Å²) >= 11 is 0. The van der Waals surface area contributed by atoms with Crippen LogP contribution in [0.2, 0.25) is 0 Å². The third kappa shape index (κ3) is 8.96. The second-order valence-electron chi connectivity index (χ2n) is 7.86. The summed E-state index contributed by atoms with van der Waals surface area (Å²) in [5, 5.41) is 2.35. The molecular formula is C32H48N2O2. The van der Waals surface area contributed by atoms with Gasteiger partial charge in [0.15, 0.2) is 0 Å². The summed E-state index contributed by atoms with van der Waals surface area (Å²) in [5.41, 5.74) is 2.06. The molecule has 0 unspecified atom stereocenters. The van der Waals surface area contributed by atoms with Gasteiger partial charge in [-0.15, -0.1) is 0 Å². The molecule has 4 heteroatoms. The summed E-state index contributed by atoms with van der Waals surface area (Å²) in [6.45, 7) is 17.6. The average Bonchev–Trinajstić information content (AvgIpc) is 3.83. The van der Waals surface area contributed by atoms with Gasteiger partial charge in [0, 0.05) is 49.0 Å². The molecule has 1 saturated heterocycles. The zero-order valence-corrected chi connectivity index (χ0v) is 23.9. The SMILES string of the molecule is CC.CC.CC.CC.O=C(C1CC1)N1CCC(Oc2ccc(-c3cc4ccccc4cn3)cc2)CC1. The molecule has 4 nitrogen and oxygen atoms in total. The molecule has 0 spiro atoms. The van der Waals surface area contributed by atoms with Gasteiger partial charge in [0.05, 0.1) is 5.69 Å². The van der Waals surface area contributed by atoms with Gasteiger partial charge in [-0.3, -0.25) is 9.78 Å². The number of aromatic nitrogens is 1. The Balaban J connectivity index is 0.000000741. The quantitative estimate of drug-likeness (QED) is 0.365. The fourth-order valence-corrected chi connectivity index (χ4v) is 3.92. The maximum Gasteiger partial charge on any atom is 0.225 e. The second kappa shape index (κ2) is 17.5. The number of fused-ring (bicyclic) bond motifs is 1. The van der Waals surface area contributed by atoms with E-state index in [0.717, 1.165) is 61.2 Å². The van der Waals surface area contributed by atoms with Gasteiger partial charge < -0.3 is 9.64 Å². The van der Waals surface area contributed by atoms with Crippen molar-refractivity contribution >= 4 is 16.7 Å². The molecule has 3 aromatic rings. The minimum Gasteiger partial charge on any atom is -0.490 e. The number of hydrogen-bond acceptors (Lipinski definition) is 3. The van der Waals surface area contributed by atoms with Crippen LogP contribution in [0.15, 0.2) is 60.8 Å². The van der Waals surface area contributed by atoms with E-state index in [9.17, 15) is 4.79 Å². The number of ether oxygens (including phenoxy) is 1. The number of rotatable bonds is 4. The molecule has 1 aliphatic heterocycles. The molecule has 2 aliphatic rings. The zero-order chi connectivity index (χ0) is 26.9. The Bertz CT molecular complexity index is 988. The Kier molecular flexibility index (Phi) is 15.2. The molecule has 0 radical (unpaired) electrons. The van der Waals surface area contributed by atoms with Crippen LogP contribution in [0, 0.1) is 5.92 Å². The summed E-state index contributed by atoms with van der Waals surface area (Å²) in [6, 6.07) is 18.6.